The van der Waals surface area contributed by atoms with Gasteiger partial charge in [-0.05, 0) is 6.42 Å². The van der Waals surface area contributed by atoms with Crippen LogP contribution in [-0.4, -0.2) is 111 Å². The third-order valence-corrected chi connectivity index (χ3v) is 2.69. The average molecular weight is 348 g/mol. The van der Waals surface area contributed by atoms with E-state index in [0.717, 1.165) is 0 Å². The maximum absolute atomic E-state index is 9.73. The van der Waals surface area contributed by atoms with Crippen LogP contribution in [0.25, 0.3) is 0 Å². The van der Waals surface area contributed by atoms with Gasteiger partial charge in [-0.3, -0.25) is 0 Å². The minimum Gasteiger partial charge on any atom is -1.00 e. The van der Waals surface area contributed by atoms with E-state index in [1.807, 2.05) is 0 Å². The van der Waals surface area contributed by atoms with Gasteiger partial charge in [-0.15, -0.1) is 0 Å². The largest absolute Gasteiger partial charge is 2.00 e. The summed E-state index contributed by atoms with van der Waals surface area (Å²) in [5, 5.41) is 46.8. The summed E-state index contributed by atoms with van der Waals surface area (Å²) in [6, 6.07) is 0. The smallest absolute Gasteiger partial charge is 1.00 e. The Morgan fingerprint density at radius 2 is 1.87 bits per heavy atom. The molecule has 5 N–H and O–H groups in total. The Morgan fingerprint density at radius 3 is 2.27 bits per heavy atom. The number of aliphatic hydroxyl groups is 5. The quantitative estimate of drug-likeness (QED) is 0.351. The van der Waals surface area contributed by atoms with E-state index < -0.39 is 36.8 Å². The van der Waals surface area contributed by atoms with Gasteiger partial charge in [-0.25, -0.2) is 0 Å². The van der Waals surface area contributed by atoms with Gasteiger partial charge in [0.05, 0.1) is 6.61 Å². The molecule has 0 saturated carbocycles. The Labute approximate surface area is 131 Å². The van der Waals surface area contributed by atoms with Crippen LogP contribution in [0.4, 0.5) is 0 Å². The fraction of sp³-hybridized carbons (Fsp3) is 1.00. The molecule has 1 aliphatic heterocycles. The summed E-state index contributed by atoms with van der Waals surface area (Å²) >= 11 is 0. The molecule has 0 aromatic carbocycles. The SMILES string of the molecule is CCC1(O)C(O)OC(CO)C(O)C1O.[Ba+2].[H-].[H-]. The van der Waals surface area contributed by atoms with E-state index in [2.05, 4.69) is 0 Å². The van der Waals surface area contributed by atoms with E-state index in [4.69, 9.17) is 9.84 Å². The number of aliphatic hydroxyl groups excluding tert-OH is 4. The molecule has 1 heterocycles. The zero-order chi connectivity index (χ0) is 10.9. The van der Waals surface area contributed by atoms with Gasteiger partial charge in [-0.2, -0.15) is 0 Å². The number of ether oxygens (including phenoxy) is 1. The summed E-state index contributed by atoms with van der Waals surface area (Å²) in [6.45, 7) is 1.01. The van der Waals surface area contributed by atoms with Gasteiger partial charge in [0, 0.05) is 0 Å². The van der Waals surface area contributed by atoms with Crippen LogP contribution >= 0.6 is 0 Å². The molecule has 0 aromatic heterocycles. The number of hydrogen-bond donors (Lipinski definition) is 5. The van der Waals surface area contributed by atoms with Crippen LogP contribution in [0.3, 0.4) is 0 Å². The fourth-order valence-electron chi connectivity index (χ4n) is 1.54. The van der Waals surface area contributed by atoms with Crippen molar-refractivity contribution in [1.82, 2.24) is 0 Å². The van der Waals surface area contributed by atoms with Crippen molar-refractivity contribution in [3.05, 3.63) is 0 Å². The van der Waals surface area contributed by atoms with Crippen molar-refractivity contribution in [3.8, 4) is 0 Å². The molecule has 5 atom stereocenters. The van der Waals surface area contributed by atoms with Crippen molar-refractivity contribution >= 4 is 48.9 Å². The van der Waals surface area contributed by atoms with Crippen molar-refractivity contribution in [2.45, 2.75) is 43.5 Å². The molecule has 1 rings (SSSR count). The zero-order valence-corrected chi connectivity index (χ0v) is 13.0. The second kappa shape index (κ2) is 6.31. The molecule has 5 unspecified atom stereocenters. The molecular formula is C8H18BaO6. The molecule has 0 amide bonds. The zero-order valence-electron chi connectivity index (χ0n) is 10.6. The van der Waals surface area contributed by atoms with E-state index in [1.54, 1.807) is 6.92 Å². The van der Waals surface area contributed by atoms with Crippen LogP contribution in [0.2, 0.25) is 0 Å². The molecule has 15 heavy (non-hydrogen) atoms. The fourth-order valence-corrected chi connectivity index (χ4v) is 1.54. The van der Waals surface area contributed by atoms with Crippen LogP contribution < -0.4 is 0 Å². The predicted octanol–water partition coefficient (Wildman–Crippen LogP) is -2.60. The number of hydrogen-bond acceptors (Lipinski definition) is 6. The van der Waals surface area contributed by atoms with Gasteiger partial charge < -0.3 is 33.1 Å². The van der Waals surface area contributed by atoms with Crippen LogP contribution in [-0.2, 0) is 4.74 Å². The Balaban J connectivity index is -0.000000653. The molecule has 0 bridgehead atoms. The van der Waals surface area contributed by atoms with Gasteiger partial charge >= 0.3 is 48.9 Å². The summed E-state index contributed by atoms with van der Waals surface area (Å²) in [4.78, 5) is 0. The van der Waals surface area contributed by atoms with Crippen molar-refractivity contribution in [1.29, 1.82) is 0 Å². The van der Waals surface area contributed by atoms with Crippen LogP contribution in [0, 0.1) is 0 Å². The van der Waals surface area contributed by atoms with Crippen molar-refractivity contribution < 1.29 is 33.1 Å². The maximum atomic E-state index is 9.73. The molecular weight excluding hydrogens is 329 g/mol. The Kier molecular flexibility index (Phi) is 6.87. The summed E-state index contributed by atoms with van der Waals surface area (Å²) < 4.78 is 4.77. The van der Waals surface area contributed by atoms with E-state index in [9.17, 15) is 20.4 Å². The normalized spacial score (nSPS) is 46.0. The second-order valence-electron chi connectivity index (χ2n) is 3.49. The molecule has 0 spiro atoms. The van der Waals surface area contributed by atoms with Crippen LogP contribution in [0.15, 0.2) is 0 Å². The minimum absolute atomic E-state index is 0. The first-order valence-corrected chi connectivity index (χ1v) is 4.50. The van der Waals surface area contributed by atoms with Gasteiger partial charge in [0.1, 0.15) is 23.9 Å². The molecule has 88 valence electrons. The summed E-state index contributed by atoms with van der Waals surface area (Å²) in [7, 11) is 0. The first-order valence-electron chi connectivity index (χ1n) is 4.50. The Hall–Kier alpha value is 1.33. The van der Waals surface area contributed by atoms with E-state index >= 15 is 0 Å². The minimum atomic E-state index is -1.88. The molecule has 0 aromatic rings. The first kappa shape index (κ1) is 16.3. The predicted molar refractivity (Wildman–Crippen MR) is 53.2 cm³/mol. The topological polar surface area (TPSA) is 110 Å². The van der Waals surface area contributed by atoms with E-state index in [-0.39, 0.29) is 58.2 Å². The maximum Gasteiger partial charge on any atom is 2.00 e. The van der Waals surface area contributed by atoms with Crippen molar-refractivity contribution in [2.24, 2.45) is 0 Å². The van der Waals surface area contributed by atoms with Gasteiger partial charge in [-0.1, -0.05) is 6.92 Å². The monoisotopic (exact) mass is 348 g/mol. The summed E-state index contributed by atoms with van der Waals surface area (Å²) in [6.07, 6.45) is -5.60. The molecule has 0 aliphatic carbocycles. The van der Waals surface area contributed by atoms with Gasteiger partial charge in [0.25, 0.3) is 0 Å². The first-order chi connectivity index (χ1) is 6.47. The third-order valence-electron chi connectivity index (χ3n) is 2.69. The standard InChI is InChI=1S/C8H16O6.Ba.2H/c1-2-8(13)6(11)5(10)4(3-9)14-7(8)12;;;/h4-7,9-13H,2-3H2,1H3;;;/q;+2;2*-1. The van der Waals surface area contributed by atoms with Crippen LogP contribution in [0.5, 0.6) is 0 Å². The van der Waals surface area contributed by atoms with E-state index in [1.165, 1.54) is 0 Å². The van der Waals surface area contributed by atoms with Gasteiger partial charge in [0.2, 0.25) is 0 Å². The molecule has 1 fully saturated rings. The molecule has 1 saturated heterocycles. The third kappa shape index (κ3) is 2.96. The van der Waals surface area contributed by atoms with Crippen LogP contribution in [0.1, 0.15) is 16.2 Å². The Morgan fingerprint density at radius 1 is 1.33 bits per heavy atom. The van der Waals surface area contributed by atoms with Crippen molar-refractivity contribution in [3.63, 3.8) is 0 Å². The number of rotatable bonds is 2. The second-order valence-corrected chi connectivity index (χ2v) is 3.49. The average Bonchev–Trinajstić information content (AvgIpc) is 2.20. The molecule has 0 radical (unpaired) electrons. The van der Waals surface area contributed by atoms with Crippen molar-refractivity contribution in [2.75, 3.05) is 6.61 Å². The Bertz CT molecular complexity index is 212. The van der Waals surface area contributed by atoms with E-state index in [0.29, 0.717) is 0 Å². The molecule has 7 heteroatoms. The summed E-state index contributed by atoms with van der Waals surface area (Å²) in [5.74, 6) is 0. The van der Waals surface area contributed by atoms with Gasteiger partial charge in [0.15, 0.2) is 6.29 Å². The molecule has 1 aliphatic rings. The summed E-state index contributed by atoms with van der Waals surface area (Å²) in [5.41, 5.74) is -1.88. The molecule has 6 nitrogen and oxygen atoms in total.